The van der Waals surface area contributed by atoms with E-state index in [1.807, 2.05) is 0 Å². The Balaban J connectivity index is 0.000000298. The summed E-state index contributed by atoms with van der Waals surface area (Å²) in [5.41, 5.74) is 8.31. The molecule has 103 heavy (non-hydrogen) atoms. The van der Waals surface area contributed by atoms with Crippen LogP contribution in [0.3, 0.4) is 0 Å². The fourth-order valence-electron chi connectivity index (χ4n) is 8.22. The molecular weight excluding hydrogens is 1590 g/mol. The highest BCUT2D eigenvalue weighted by molar-refractivity contribution is 7.92. The smallest absolute Gasteiger partial charge is 0.387 e. The number of nitrogens with two attached hydrogens (primary N) is 1. The van der Waals surface area contributed by atoms with Crippen LogP contribution in [0, 0.1) is 11.8 Å². The Bertz CT molecular complexity index is 4470. The van der Waals surface area contributed by atoms with Crippen LogP contribution in [0.2, 0.25) is 20.1 Å². The van der Waals surface area contributed by atoms with Crippen LogP contribution >= 0.6 is 91.8 Å². The van der Waals surface area contributed by atoms with Crippen molar-refractivity contribution in [1.82, 2.24) is 0 Å². The first kappa shape index (κ1) is 87.8. The number of methoxy groups -OCH3 is 2. The minimum absolute atomic E-state index is 0. The molecule has 2 atom stereocenters. The molecule has 2 aromatic carbocycles. The number of aliphatic hydroxyl groups is 1. The molecule has 6 heterocycles. The Kier molecular flexibility index (Phi) is 34.6. The van der Waals surface area contributed by atoms with E-state index < -0.39 is 73.4 Å². The number of carboxylic acid groups (broad SMARTS) is 1. The summed E-state index contributed by atoms with van der Waals surface area (Å²) in [6.07, 6.45) is 11.5. The molecule has 2 aliphatic carbocycles. The van der Waals surface area contributed by atoms with Crippen LogP contribution in [-0.4, -0.2) is 130 Å². The standard InChI is InChI=1S/C24H22Cl2F2N2O6S2.C18H17Cl2F2NO3.C7H9NO4S2.C6H7NO4S2.C6H7NO2S.2H2O/c1-38(32,33)30-18-6-7-37-22(18)23(31)35-20(9-15-16(25)10-29-11-17(15)26)14-4-5-19(36-24(27)28)21(8-14)34-12-13-2-3-13;19-13-7-23-8-14(20)12(13)6-15(24)11-3-4-16(26-18(21)22)17(5-11)25-9-10-1-2-10;1-12-7(9)6-5(3-4-13-6)8-14(2,10)11;1-13(10,11)7-4-2-3-12-5(4)6(8)9;1-9-6(8)5-4(7)2-3-10-5;;/h4-8,10-11,13,20,24,30H,2-3,9,12H2,1H3;3-5,7-8,10,15,18,24H,1-2,6,9H2;3-4,8H,1-2H3;2-3,7H,1H3,(H,8,9);2-3H,7H2,1H3;2*1H2/t20-;15-;;;;;/m00...../s1. The summed E-state index contributed by atoms with van der Waals surface area (Å²) < 4.78 is 160. The van der Waals surface area contributed by atoms with Crippen LogP contribution in [0.1, 0.15) is 98.8 Å². The molecule has 0 amide bonds. The van der Waals surface area contributed by atoms with Gasteiger partial charge in [-0.3, -0.25) is 14.2 Å². The minimum atomic E-state index is -3.65. The lowest BCUT2D eigenvalue weighted by Crippen LogP contribution is -2.17. The Morgan fingerprint density at radius 2 is 0.903 bits per heavy atom. The molecule has 42 heteroatoms. The van der Waals surface area contributed by atoms with Crippen molar-refractivity contribution in [1.29, 1.82) is 0 Å². The molecule has 2 saturated carbocycles. The number of nitrogen functional groups attached to an aromatic ring is 1. The lowest BCUT2D eigenvalue weighted by molar-refractivity contribution is -0.378. The van der Waals surface area contributed by atoms with Gasteiger partial charge in [0.05, 0.1) is 75.1 Å². The molecule has 2 aliphatic rings. The van der Waals surface area contributed by atoms with Crippen molar-refractivity contribution >= 4 is 168 Å². The zero-order chi connectivity index (χ0) is 74.5. The SMILES string of the molecule is COC(=O)c1sccc1N.COC(=O)c1sccc1NS(C)(=O)=O.CS(=O)(=O)Nc1ccsc1C(=O)O.CS(=O)(=O)Nc1ccsc1C(=O)O[C@@H](Cc1c(Cl)c[nH+]cc1Cl)c1ccc(OC(F)F)c(OCC2CC2)c1.O[C@@H](Cc1c(Cl)c[nH+]cc1Cl)c1ccc(OC(F)F)c(OCC2CC2)c1.[OH-].[OH-]. The van der Waals surface area contributed by atoms with Crippen molar-refractivity contribution in [2.75, 3.05) is 66.1 Å². The second kappa shape index (κ2) is 40.6. The molecule has 6 aromatic heterocycles. The van der Waals surface area contributed by atoms with Crippen molar-refractivity contribution in [3.05, 3.63) is 169 Å². The summed E-state index contributed by atoms with van der Waals surface area (Å²) in [6, 6.07) is 14.7. The summed E-state index contributed by atoms with van der Waals surface area (Å²) in [7, 11) is -7.85. The molecule has 564 valence electrons. The number of hydrogen-bond acceptors (Lipinski definition) is 25. The van der Waals surface area contributed by atoms with E-state index in [1.54, 1.807) is 34.6 Å². The van der Waals surface area contributed by atoms with Crippen molar-refractivity contribution in [3.8, 4) is 23.0 Å². The van der Waals surface area contributed by atoms with Gasteiger partial charge in [0.15, 0.2) is 47.8 Å². The topological polar surface area (TPSA) is 426 Å². The normalized spacial score (nSPS) is 12.9. The molecule has 0 aliphatic heterocycles. The molecule has 8 aromatic rings. The number of aromatic carboxylic acids is 1. The van der Waals surface area contributed by atoms with E-state index in [1.165, 1.54) is 97.9 Å². The number of sulfonamides is 3. The van der Waals surface area contributed by atoms with Gasteiger partial charge < -0.3 is 60.1 Å². The quantitative estimate of drug-likeness (QED) is 0.0158. The third-order valence-electron chi connectivity index (χ3n) is 13.2. The van der Waals surface area contributed by atoms with Crippen LogP contribution in [0.25, 0.3) is 0 Å². The van der Waals surface area contributed by atoms with E-state index in [9.17, 15) is 67.1 Å². The van der Waals surface area contributed by atoms with Gasteiger partial charge in [-0.1, -0.05) is 58.5 Å². The first-order valence-electron chi connectivity index (χ1n) is 28.9. The number of aromatic amines is 2. The summed E-state index contributed by atoms with van der Waals surface area (Å²) in [5, 5.41) is 27.0. The highest BCUT2D eigenvalue weighted by Gasteiger charge is 2.30. The monoisotopic (exact) mass is 1660 g/mol. The number of carbonyl (C=O) groups excluding carboxylic acids is 3. The van der Waals surface area contributed by atoms with Gasteiger partial charge in [-0.2, -0.15) is 17.6 Å². The molecule has 2 fully saturated rings. The number of aliphatic hydroxyl groups excluding tert-OH is 1. The number of aromatic nitrogens is 2. The van der Waals surface area contributed by atoms with Crippen molar-refractivity contribution in [2.24, 2.45) is 11.8 Å². The number of pyridine rings is 2. The molecule has 27 nitrogen and oxygen atoms in total. The number of anilines is 4. The first-order chi connectivity index (χ1) is 47.5. The zero-order valence-electron chi connectivity index (χ0n) is 54.2. The number of H-pyrrole nitrogens is 2. The number of carbonyl (C=O) groups is 4. The van der Waals surface area contributed by atoms with Crippen LogP contribution in [0.5, 0.6) is 23.0 Å². The van der Waals surface area contributed by atoms with E-state index in [-0.39, 0.29) is 94.5 Å². The summed E-state index contributed by atoms with van der Waals surface area (Å²) in [4.78, 5) is 52.0. The molecule has 0 bridgehead atoms. The highest BCUT2D eigenvalue weighted by atomic mass is 35.5. The van der Waals surface area contributed by atoms with Gasteiger partial charge in [0, 0.05) is 24.0 Å². The maximum atomic E-state index is 13.2. The minimum Gasteiger partial charge on any atom is -0.870 e. The summed E-state index contributed by atoms with van der Waals surface area (Å²) in [6.45, 7) is -5.25. The molecule has 0 spiro atoms. The third kappa shape index (κ3) is 29.5. The number of carboxylic acids is 1. The highest BCUT2D eigenvalue weighted by Crippen LogP contribution is 2.41. The Hall–Kier alpha value is -7.57. The molecule has 0 radical (unpaired) electrons. The molecule has 11 N–H and O–H groups in total. The average molecular weight is 1660 g/mol. The number of alkyl halides is 4. The van der Waals surface area contributed by atoms with Crippen molar-refractivity contribution in [2.45, 2.75) is 64.0 Å². The number of esters is 3. The summed E-state index contributed by atoms with van der Waals surface area (Å²) >= 11 is 29.3. The van der Waals surface area contributed by atoms with Gasteiger partial charge in [0.1, 0.15) is 45.7 Å². The first-order valence-corrected chi connectivity index (χ1v) is 39.6. The molecular formula is C61H66Cl4F4N6O21S7. The molecule has 10 rings (SSSR count). The maximum Gasteiger partial charge on any atom is 0.387 e. The van der Waals surface area contributed by atoms with Crippen LogP contribution < -0.4 is 48.8 Å². The number of hydrogen-bond donors (Lipinski definition) is 6. The van der Waals surface area contributed by atoms with Gasteiger partial charge in [-0.15, -0.1) is 45.3 Å². The average Bonchev–Trinajstić information content (AvgIpc) is 1.36. The van der Waals surface area contributed by atoms with E-state index in [4.69, 9.17) is 71.5 Å². The van der Waals surface area contributed by atoms with E-state index >= 15 is 0 Å². The number of thiophene rings is 4. The third-order valence-corrected chi connectivity index (χ3v) is 19.9. The zero-order valence-corrected chi connectivity index (χ0v) is 62.9. The van der Waals surface area contributed by atoms with Crippen LogP contribution in [0.15, 0.2) is 107 Å². The number of benzene rings is 2. The lowest BCUT2D eigenvalue weighted by atomic mass is 10.0. The van der Waals surface area contributed by atoms with Crippen LogP contribution in [0.4, 0.5) is 40.3 Å². The van der Waals surface area contributed by atoms with E-state index in [0.717, 1.165) is 78.5 Å². The van der Waals surface area contributed by atoms with Crippen LogP contribution in [-0.2, 0) is 57.1 Å². The Morgan fingerprint density at radius 3 is 1.28 bits per heavy atom. The Morgan fingerprint density at radius 1 is 0.544 bits per heavy atom. The predicted molar refractivity (Wildman–Crippen MR) is 380 cm³/mol. The maximum absolute atomic E-state index is 13.2. The second-order valence-electron chi connectivity index (χ2n) is 21.4. The van der Waals surface area contributed by atoms with E-state index in [0.29, 0.717) is 67.9 Å². The van der Waals surface area contributed by atoms with Crippen molar-refractivity contribution in [3.63, 3.8) is 0 Å². The predicted octanol–water partition coefficient (Wildman–Crippen LogP) is 12.7. The number of halogens is 8. The van der Waals surface area contributed by atoms with E-state index in [2.05, 4.69) is 43.1 Å². The van der Waals surface area contributed by atoms with Gasteiger partial charge in [0.25, 0.3) is 0 Å². The van der Waals surface area contributed by atoms with Gasteiger partial charge >= 0.3 is 37.1 Å². The lowest BCUT2D eigenvalue weighted by Gasteiger charge is -2.21. The second-order valence-corrected chi connectivity index (χ2v) is 31.9. The van der Waals surface area contributed by atoms with Gasteiger partial charge in [0.2, 0.25) is 30.1 Å². The van der Waals surface area contributed by atoms with Gasteiger partial charge in [-0.05, 0) is 119 Å². The van der Waals surface area contributed by atoms with Crippen molar-refractivity contribution < 1.29 is 126 Å². The number of rotatable bonds is 27. The fourth-order valence-corrected chi connectivity index (χ4v) is 14.1. The molecule has 0 saturated heterocycles. The summed E-state index contributed by atoms with van der Waals surface area (Å²) in [5.74, 6) is -2.03. The largest absolute Gasteiger partial charge is 0.870 e. The fraction of sp³-hybridized carbons (Fsp3) is 0.311. The number of nitrogens with one attached hydrogen (secondary N) is 5. The molecule has 0 unspecified atom stereocenters. The number of ether oxygens (including phenoxy) is 7. The Labute approximate surface area is 623 Å². The van der Waals surface area contributed by atoms with Gasteiger partial charge in [-0.25, -0.2) is 54.4 Å².